The van der Waals surface area contributed by atoms with Crippen molar-refractivity contribution >= 4 is 22.7 Å². The maximum Gasteiger partial charge on any atom is 0.319 e. The third kappa shape index (κ3) is 5.96. The molecule has 138 valence electrons. The van der Waals surface area contributed by atoms with Crippen molar-refractivity contribution in [3.8, 4) is 0 Å². The quantitative estimate of drug-likeness (QED) is 0.805. The van der Waals surface area contributed by atoms with Gasteiger partial charge in [-0.15, -0.1) is 0 Å². The lowest BCUT2D eigenvalue weighted by atomic mass is 9.99. The SMILES string of the molecule is Cc1ccc(CCC(C(=O)O)S(=O)CC(=O)N2CCC(C)CC2)cc1. The first-order chi connectivity index (χ1) is 11.9. The number of hydrogen-bond donors (Lipinski definition) is 1. The zero-order chi connectivity index (χ0) is 18.4. The predicted molar refractivity (Wildman–Crippen MR) is 98.9 cm³/mol. The van der Waals surface area contributed by atoms with Crippen molar-refractivity contribution in [2.75, 3.05) is 18.8 Å². The van der Waals surface area contributed by atoms with Crippen molar-refractivity contribution in [2.24, 2.45) is 5.92 Å². The highest BCUT2D eigenvalue weighted by atomic mass is 32.2. The number of piperidine rings is 1. The van der Waals surface area contributed by atoms with Gasteiger partial charge in [-0.2, -0.15) is 0 Å². The van der Waals surface area contributed by atoms with E-state index in [0.717, 1.165) is 24.0 Å². The first kappa shape index (κ1) is 19.6. The number of carbonyl (C=O) groups is 2. The van der Waals surface area contributed by atoms with Crippen LogP contribution < -0.4 is 0 Å². The monoisotopic (exact) mass is 365 g/mol. The van der Waals surface area contributed by atoms with Gasteiger partial charge in [-0.25, -0.2) is 0 Å². The van der Waals surface area contributed by atoms with Gasteiger partial charge in [-0.05, 0) is 44.1 Å². The van der Waals surface area contributed by atoms with E-state index in [1.165, 1.54) is 0 Å². The van der Waals surface area contributed by atoms with Crippen molar-refractivity contribution in [3.05, 3.63) is 35.4 Å². The summed E-state index contributed by atoms with van der Waals surface area (Å²) in [5.41, 5.74) is 2.16. The van der Waals surface area contributed by atoms with Crippen molar-refractivity contribution in [1.82, 2.24) is 4.90 Å². The van der Waals surface area contributed by atoms with Crippen LogP contribution in [0.5, 0.6) is 0 Å². The van der Waals surface area contributed by atoms with E-state index in [-0.39, 0.29) is 18.1 Å². The number of aryl methyl sites for hydroxylation is 2. The summed E-state index contributed by atoms with van der Waals surface area (Å²) in [6.45, 7) is 5.51. The van der Waals surface area contributed by atoms with Gasteiger partial charge in [0, 0.05) is 23.9 Å². The third-order valence-electron chi connectivity index (χ3n) is 4.81. The zero-order valence-corrected chi connectivity index (χ0v) is 15.8. The minimum atomic E-state index is -1.70. The zero-order valence-electron chi connectivity index (χ0n) is 14.9. The van der Waals surface area contributed by atoms with E-state index in [9.17, 15) is 18.9 Å². The molecule has 0 bridgehead atoms. The van der Waals surface area contributed by atoms with Crippen LogP contribution in [-0.2, 0) is 26.8 Å². The molecular weight excluding hydrogens is 338 g/mol. The van der Waals surface area contributed by atoms with Gasteiger partial charge in [0.1, 0.15) is 11.0 Å². The lowest BCUT2D eigenvalue weighted by Crippen LogP contribution is -2.42. The van der Waals surface area contributed by atoms with Gasteiger partial charge in [0.05, 0.1) is 0 Å². The Morgan fingerprint density at radius 2 is 1.84 bits per heavy atom. The molecule has 1 aliphatic rings. The molecule has 1 N–H and O–H groups in total. The van der Waals surface area contributed by atoms with Crippen molar-refractivity contribution in [2.45, 2.75) is 44.8 Å². The Bertz CT molecular complexity index is 621. The van der Waals surface area contributed by atoms with Crippen molar-refractivity contribution in [3.63, 3.8) is 0 Å². The number of rotatable bonds is 7. The van der Waals surface area contributed by atoms with E-state index in [2.05, 4.69) is 6.92 Å². The smallest absolute Gasteiger partial charge is 0.319 e. The van der Waals surface area contributed by atoms with Gasteiger partial charge in [0.25, 0.3) is 0 Å². The summed E-state index contributed by atoms with van der Waals surface area (Å²) in [5.74, 6) is -0.868. The van der Waals surface area contributed by atoms with Crippen LogP contribution in [0.3, 0.4) is 0 Å². The van der Waals surface area contributed by atoms with Gasteiger partial charge in [0.2, 0.25) is 5.91 Å². The largest absolute Gasteiger partial charge is 0.480 e. The fourth-order valence-electron chi connectivity index (χ4n) is 2.99. The number of carboxylic acid groups (broad SMARTS) is 1. The normalized spacial score (nSPS) is 17.9. The minimum absolute atomic E-state index is 0.188. The average Bonchev–Trinajstić information content (AvgIpc) is 2.57. The molecule has 0 spiro atoms. The number of carboxylic acids is 1. The molecule has 1 heterocycles. The van der Waals surface area contributed by atoms with Gasteiger partial charge in [0.15, 0.2) is 0 Å². The Kier molecular flexibility index (Phi) is 7.17. The van der Waals surface area contributed by atoms with Gasteiger partial charge in [-0.3, -0.25) is 13.8 Å². The van der Waals surface area contributed by atoms with Crippen LogP contribution in [0.4, 0.5) is 0 Å². The molecule has 0 aromatic heterocycles. The van der Waals surface area contributed by atoms with E-state index >= 15 is 0 Å². The Morgan fingerprint density at radius 3 is 2.40 bits per heavy atom. The average molecular weight is 365 g/mol. The summed E-state index contributed by atoms with van der Waals surface area (Å²) < 4.78 is 12.5. The predicted octanol–water partition coefficient (Wildman–Crippen LogP) is 2.39. The second-order valence-electron chi connectivity index (χ2n) is 6.94. The standard InChI is InChI=1S/C19H27NO4S/c1-14-3-5-16(6-4-14)7-8-17(19(22)23)25(24)13-18(21)20-11-9-15(2)10-12-20/h3-6,15,17H,7-13H2,1-2H3,(H,22,23). The number of nitrogens with zero attached hydrogens (tertiary/aromatic N) is 1. The lowest BCUT2D eigenvalue weighted by Gasteiger charge is -2.30. The number of amides is 1. The van der Waals surface area contributed by atoms with Crippen LogP contribution in [0.1, 0.15) is 37.3 Å². The molecule has 1 amide bonds. The summed E-state index contributed by atoms with van der Waals surface area (Å²) in [6, 6.07) is 7.86. The number of aliphatic carboxylic acids is 1. The van der Waals surface area contributed by atoms with Crippen LogP contribution in [-0.4, -0.2) is 50.2 Å². The van der Waals surface area contributed by atoms with Gasteiger partial charge in [-0.1, -0.05) is 36.8 Å². The molecule has 1 aromatic rings. The highest BCUT2D eigenvalue weighted by Gasteiger charge is 2.29. The van der Waals surface area contributed by atoms with E-state index in [4.69, 9.17) is 0 Å². The number of likely N-dealkylation sites (tertiary alicyclic amines) is 1. The van der Waals surface area contributed by atoms with E-state index in [1.807, 2.05) is 31.2 Å². The highest BCUT2D eigenvalue weighted by molar-refractivity contribution is 7.87. The van der Waals surface area contributed by atoms with E-state index < -0.39 is 22.0 Å². The molecule has 1 fully saturated rings. The molecule has 0 saturated carbocycles. The minimum Gasteiger partial charge on any atom is -0.480 e. The van der Waals surface area contributed by atoms with Crippen LogP contribution in [0, 0.1) is 12.8 Å². The fourth-order valence-corrected chi connectivity index (χ4v) is 4.22. The van der Waals surface area contributed by atoms with Crippen LogP contribution >= 0.6 is 0 Å². The summed E-state index contributed by atoms with van der Waals surface area (Å²) in [6.07, 6.45) is 2.72. The summed E-state index contributed by atoms with van der Waals surface area (Å²) in [4.78, 5) is 25.5. The molecular formula is C19H27NO4S. The highest BCUT2D eigenvalue weighted by Crippen LogP contribution is 2.17. The molecule has 1 aromatic carbocycles. The van der Waals surface area contributed by atoms with Crippen LogP contribution in [0.15, 0.2) is 24.3 Å². The topological polar surface area (TPSA) is 74.7 Å². The summed E-state index contributed by atoms with van der Waals surface area (Å²) in [5, 5.41) is 8.40. The maximum atomic E-state index is 12.5. The van der Waals surface area contributed by atoms with E-state index in [0.29, 0.717) is 25.4 Å². The molecule has 1 saturated heterocycles. The molecule has 25 heavy (non-hydrogen) atoms. The van der Waals surface area contributed by atoms with Gasteiger partial charge < -0.3 is 10.0 Å². The molecule has 2 rings (SSSR count). The van der Waals surface area contributed by atoms with Crippen molar-refractivity contribution < 1.29 is 18.9 Å². The number of hydrogen-bond acceptors (Lipinski definition) is 3. The molecule has 6 heteroatoms. The number of carbonyl (C=O) groups excluding carboxylic acids is 1. The second-order valence-corrected chi connectivity index (χ2v) is 8.56. The van der Waals surface area contributed by atoms with Gasteiger partial charge >= 0.3 is 5.97 Å². The fraction of sp³-hybridized carbons (Fsp3) is 0.579. The molecule has 0 aliphatic carbocycles. The molecule has 2 unspecified atom stereocenters. The second kappa shape index (κ2) is 9.13. The number of benzene rings is 1. The van der Waals surface area contributed by atoms with Crippen LogP contribution in [0.25, 0.3) is 0 Å². The summed E-state index contributed by atoms with van der Waals surface area (Å²) in [7, 11) is -1.70. The lowest BCUT2D eigenvalue weighted by molar-refractivity contribution is -0.136. The first-order valence-corrected chi connectivity index (χ1v) is 10.2. The first-order valence-electron chi connectivity index (χ1n) is 8.80. The molecule has 5 nitrogen and oxygen atoms in total. The Hall–Kier alpha value is -1.69. The van der Waals surface area contributed by atoms with E-state index in [1.54, 1.807) is 4.90 Å². The Morgan fingerprint density at radius 1 is 1.24 bits per heavy atom. The van der Waals surface area contributed by atoms with Crippen molar-refractivity contribution in [1.29, 1.82) is 0 Å². The third-order valence-corrected chi connectivity index (χ3v) is 6.41. The summed E-state index contributed by atoms with van der Waals surface area (Å²) >= 11 is 0. The molecule has 0 radical (unpaired) electrons. The Labute approximate surface area is 151 Å². The maximum absolute atomic E-state index is 12.5. The van der Waals surface area contributed by atoms with Crippen LogP contribution in [0.2, 0.25) is 0 Å². The Balaban J connectivity index is 1.90. The molecule has 1 aliphatic heterocycles. The molecule has 2 atom stereocenters.